The fourth-order valence-electron chi connectivity index (χ4n) is 1.70. The van der Waals surface area contributed by atoms with E-state index < -0.39 is 0 Å². The molecule has 0 aliphatic carbocycles. The first-order valence-electron chi connectivity index (χ1n) is 4.93. The van der Waals surface area contributed by atoms with Gasteiger partial charge in [-0.15, -0.1) is 11.8 Å². The van der Waals surface area contributed by atoms with E-state index in [9.17, 15) is 5.11 Å². The van der Waals surface area contributed by atoms with Crippen LogP contribution in [-0.4, -0.2) is 23.9 Å². The van der Waals surface area contributed by atoms with Crippen LogP contribution < -0.4 is 0 Å². The first kappa shape index (κ1) is 10.6. The van der Waals surface area contributed by atoms with Gasteiger partial charge in [0.1, 0.15) is 0 Å². The minimum Gasteiger partial charge on any atom is -0.393 e. The molecule has 0 saturated carbocycles. The van der Waals surface area contributed by atoms with Crippen LogP contribution >= 0.6 is 0 Å². The Kier molecular flexibility index (Phi) is 4.27. The zero-order chi connectivity index (χ0) is 9.68. The Morgan fingerprint density at radius 3 is 2.92 bits per heavy atom. The number of aliphatic hydroxyl groups is 1. The van der Waals surface area contributed by atoms with Crippen molar-refractivity contribution in [3.05, 3.63) is 0 Å². The van der Waals surface area contributed by atoms with Crippen molar-refractivity contribution in [2.45, 2.75) is 45.3 Å². The molecule has 3 atom stereocenters. The molecular weight excluding hydrogens is 164 g/mol. The number of aliphatic hydroxyl groups excluding tert-OH is 1. The van der Waals surface area contributed by atoms with Gasteiger partial charge in [0.05, 0.1) is 18.8 Å². The summed E-state index contributed by atoms with van der Waals surface area (Å²) in [6.07, 6.45) is 2.65. The van der Waals surface area contributed by atoms with Gasteiger partial charge in [0.25, 0.3) is 0 Å². The Labute approximate surface area is 80.3 Å². The van der Waals surface area contributed by atoms with E-state index in [1.807, 2.05) is 6.92 Å². The van der Waals surface area contributed by atoms with Gasteiger partial charge in [-0.2, -0.15) is 0 Å². The molecular formula is C11H18O2. The maximum Gasteiger partial charge on any atom is 0.0600 e. The van der Waals surface area contributed by atoms with Crippen LogP contribution in [0.5, 0.6) is 0 Å². The van der Waals surface area contributed by atoms with Crippen molar-refractivity contribution >= 4 is 0 Å². The summed E-state index contributed by atoms with van der Waals surface area (Å²) in [6.45, 7) is 4.59. The molecule has 3 unspecified atom stereocenters. The molecule has 0 radical (unpaired) electrons. The topological polar surface area (TPSA) is 29.5 Å². The summed E-state index contributed by atoms with van der Waals surface area (Å²) in [5.41, 5.74) is 0. The molecule has 1 aliphatic heterocycles. The van der Waals surface area contributed by atoms with Crippen LogP contribution in [0.1, 0.15) is 33.1 Å². The summed E-state index contributed by atoms with van der Waals surface area (Å²) >= 11 is 0. The molecule has 0 aromatic heterocycles. The van der Waals surface area contributed by atoms with Gasteiger partial charge in [-0.25, -0.2) is 0 Å². The van der Waals surface area contributed by atoms with Crippen LogP contribution in [-0.2, 0) is 4.74 Å². The van der Waals surface area contributed by atoms with Crippen molar-refractivity contribution in [2.75, 3.05) is 6.61 Å². The molecule has 1 fully saturated rings. The fraction of sp³-hybridized carbons (Fsp3) is 0.818. The van der Waals surface area contributed by atoms with Crippen molar-refractivity contribution in [3.8, 4) is 11.8 Å². The summed E-state index contributed by atoms with van der Waals surface area (Å²) < 4.78 is 5.40. The van der Waals surface area contributed by atoms with Gasteiger partial charge < -0.3 is 9.84 Å². The van der Waals surface area contributed by atoms with Gasteiger partial charge in [0.15, 0.2) is 0 Å². The van der Waals surface area contributed by atoms with Crippen molar-refractivity contribution in [1.82, 2.24) is 0 Å². The second-order valence-electron chi connectivity index (χ2n) is 3.67. The quantitative estimate of drug-likeness (QED) is 0.671. The molecule has 0 amide bonds. The SMILES string of the molecule is CC#CCCC(O)C1COC(C)C1. The summed E-state index contributed by atoms with van der Waals surface area (Å²) in [4.78, 5) is 0. The van der Waals surface area contributed by atoms with E-state index in [0.717, 1.165) is 19.3 Å². The molecule has 1 rings (SSSR count). The Morgan fingerprint density at radius 1 is 1.62 bits per heavy atom. The van der Waals surface area contributed by atoms with E-state index in [2.05, 4.69) is 18.8 Å². The average Bonchev–Trinajstić information content (AvgIpc) is 2.52. The molecule has 0 aromatic carbocycles. The lowest BCUT2D eigenvalue weighted by molar-refractivity contribution is 0.0765. The smallest absolute Gasteiger partial charge is 0.0600 e. The first-order valence-corrected chi connectivity index (χ1v) is 4.93. The Hall–Kier alpha value is -0.520. The van der Waals surface area contributed by atoms with Crippen molar-refractivity contribution < 1.29 is 9.84 Å². The van der Waals surface area contributed by atoms with Gasteiger partial charge in [-0.3, -0.25) is 0 Å². The minimum absolute atomic E-state index is 0.231. The molecule has 0 bridgehead atoms. The van der Waals surface area contributed by atoms with Gasteiger partial charge in [0, 0.05) is 12.3 Å². The largest absolute Gasteiger partial charge is 0.393 e. The van der Waals surface area contributed by atoms with E-state index >= 15 is 0 Å². The molecule has 1 heterocycles. The second-order valence-corrected chi connectivity index (χ2v) is 3.67. The molecule has 0 aromatic rings. The van der Waals surface area contributed by atoms with Crippen molar-refractivity contribution in [3.63, 3.8) is 0 Å². The number of rotatable bonds is 3. The van der Waals surface area contributed by atoms with E-state index in [0.29, 0.717) is 18.6 Å². The van der Waals surface area contributed by atoms with Crippen LogP contribution in [0.3, 0.4) is 0 Å². The Morgan fingerprint density at radius 2 is 2.38 bits per heavy atom. The summed E-state index contributed by atoms with van der Waals surface area (Å²) in [5.74, 6) is 6.12. The van der Waals surface area contributed by atoms with Crippen LogP contribution in [0.25, 0.3) is 0 Å². The van der Waals surface area contributed by atoms with E-state index in [-0.39, 0.29) is 6.10 Å². The maximum atomic E-state index is 9.75. The number of hydrogen-bond donors (Lipinski definition) is 1. The van der Waals surface area contributed by atoms with Gasteiger partial charge in [-0.1, -0.05) is 0 Å². The Bertz CT molecular complexity index is 202. The van der Waals surface area contributed by atoms with Crippen LogP contribution in [0.4, 0.5) is 0 Å². The summed E-state index contributed by atoms with van der Waals surface area (Å²) in [5, 5.41) is 9.75. The minimum atomic E-state index is -0.231. The van der Waals surface area contributed by atoms with Crippen LogP contribution in [0.15, 0.2) is 0 Å². The molecule has 1 aliphatic rings. The molecule has 74 valence electrons. The van der Waals surface area contributed by atoms with Crippen molar-refractivity contribution in [2.24, 2.45) is 5.92 Å². The van der Waals surface area contributed by atoms with Gasteiger partial charge in [-0.05, 0) is 26.7 Å². The lowest BCUT2D eigenvalue weighted by Crippen LogP contribution is -2.20. The zero-order valence-electron chi connectivity index (χ0n) is 8.42. The highest BCUT2D eigenvalue weighted by Gasteiger charge is 2.27. The predicted molar refractivity (Wildman–Crippen MR) is 52.2 cm³/mol. The lowest BCUT2D eigenvalue weighted by Gasteiger charge is -2.14. The zero-order valence-corrected chi connectivity index (χ0v) is 8.42. The molecule has 0 spiro atoms. The maximum absolute atomic E-state index is 9.75. The highest BCUT2D eigenvalue weighted by Crippen LogP contribution is 2.24. The standard InChI is InChI=1S/C11H18O2/c1-3-4-5-6-11(12)10-7-9(2)13-8-10/h9-12H,5-8H2,1-2H3. The number of ether oxygens (including phenoxy) is 1. The lowest BCUT2D eigenvalue weighted by atomic mass is 9.96. The third kappa shape index (κ3) is 3.38. The molecule has 1 N–H and O–H groups in total. The first-order chi connectivity index (χ1) is 6.24. The molecule has 13 heavy (non-hydrogen) atoms. The van der Waals surface area contributed by atoms with Crippen molar-refractivity contribution in [1.29, 1.82) is 0 Å². The highest BCUT2D eigenvalue weighted by atomic mass is 16.5. The third-order valence-corrected chi connectivity index (χ3v) is 2.52. The van der Waals surface area contributed by atoms with E-state index in [4.69, 9.17) is 4.74 Å². The summed E-state index contributed by atoms with van der Waals surface area (Å²) in [7, 11) is 0. The predicted octanol–water partition coefficient (Wildman–Crippen LogP) is 1.58. The normalized spacial score (nSPS) is 29.5. The highest BCUT2D eigenvalue weighted by molar-refractivity contribution is 4.95. The van der Waals surface area contributed by atoms with E-state index in [1.165, 1.54) is 0 Å². The third-order valence-electron chi connectivity index (χ3n) is 2.52. The summed E-state index contributed by atoms with van der Waals surface area (Å²) in [6, 6.07) is 0. The van der Waals surface area contributed by atoms with Gasteiger partial charge in [0.2, 0.25) is 0 Å². The average molecular weight is 182 g/mol. The Balaban J connectivity index is 2.22. The monoisotopic (exact) mass is 182 g/mol. The number of hydrogen-bond acceptors (Lipinski definition) is 2. The van der Waals surface area contributed by atoms with E-state index in [1.54, 1.807) is 0 Å². The molecule has 2 heteroatoms. The van der Waals surface area contributed by atoms with Crippen LogP contribution in [0.2, 0.25) is 0 Å². The fourth-order valence-corrected chi connectivity index (χ4v) is 1.70. The van der Waals surface area contributed by atoms with Gasteiger partial charge >= 0.3 is 0 Å². The second kappa shape index (κ2) is 5.26. The molecule has 1 saturated heterocycles. The molecule has 2 nitrogen and oxygen atoms in total. The van der Waals surface area contributed by atoms with Crippen LogP contribution in [0, 0.1) is 17.8 Å².